The number of ether oxygens (including phenoxy) is 1. The molecule has 0 bridgehead atoms. The standard InChI is InChI=1S/C30H33F3N2O2/c1-21-7-5-9-24(15-21)29(17-23-8-6-10-25(16-23)34-13-14-37-22(2)18-34)20-35(19-28(36)30(31,32)33)27-12-4-3-11-26(27)29/h3-12,15-16,22,28,36H,13-14,17-20H2,1-2H3/t22-,28-,29?/m1/s1. The van der Waals surface area contributed by atoms with E-state index in [0.717, 1.165) is 46.7 Å². The number of para-hydroxylation sites is 1. The van der Waals surface area contributed by atoms with Crippen molar-refractivity contribution in [1.82, 2.24) is 0 Å². The lowest BCUT2D eigenvalue weighted by molar-refractivity contribution is -0.200. The second-order valence-corrected chi connectivity index (χ2v) is 10.4. The monoisotopic (exact) mass is 510 g/mol. The molecule has 0 spiro atoms. The van der Waals surface area contributed by atoms with Gasteiger partial charge in [-0.25, -0.2) is 0 Å². The van der Waals surface area contributed by atoms with Crippen molar-refractivity contribution < 1.29 is 23.0 Å². The number of β-amino-alcohol motifs (C(OH)–C–C–N with tert-alkyl or cyclic N) is 1. The van der Waals surface area contributed by atoms with Crippen LogP contribution in [-0.4, -0.2) is 56.3 Å². The third-order valence-electron chi connectivity index (χ3n) is 7.59. The number of alkyl halides is 3. The Bertz CT molecular complexity index is 1250. The van der Waals surface area contributed by atoms with Gasteiger partial charge in [-0.2, -0.15) is 13.2 Å². The predicted molar refractivity (Wildman–Crippen MR) is 140 cm³/mol. The first-order chi connectivity index (χ1) is 17.7. The Labute approximate surface area is 216 Å². The maximum Gasteiger partial charge on any atom is 0.416 e. The summed E-state index contributed by atoms with van der Waals surface area (Å²) in [7, 11) is 0. The molecule has 4 nitrogen and oxygen atoms in total. The van der Waals surface area contributed by atoms with Crippen molar-refractivity contribution in [3.8, 4) is 0 Å². The zero-order valence-electron chi connectivity index (χ0n) is 21.2. The van der Waals surface area contributed by atoms with E-state index < -0.39 is 24.2 Å². The van der Waals surface area contributed by atoms with Gasteiger partial charge in [0.25, 0.3) is 0 Å². The fourth-order valence-electron chi connectivity index (χ4n) is 5.83. The number of rotatable bonds is 6. The van der Waals surface area contributed by atoms with Gasteiger partial charge in [-0.3, -0.25) is 0 Å². The lowest BCUT2D eigenvalue weighted by atomic mass is 9.71. The molecule has 3 atom stereocenters. The van der Waals surface area contributed by atoms with Gasteiger partial charge >= 0.3 is 6.18 Å². The van der Waals surface area contributed by atoms with Crippen LogP contribution < -0.4 is 9.80 Å². The Hall–Kier alpha value is -3.03. The van der Waals surface area contributed by atoms with Crippen molar-refractivity contribution in [3.05, 3.63) is 95.1 Å². The number of halogens is 3. The summed E-state index contributed by atoms with van der Waals surface area (Å²) in [5, 5.41) is 9.97. The third kappa shape index (κ3) is 5.20. The average Bonchev–Trinajstić information content (AvgIpc) is 3.18. The molecule has 1 unspecified atom stereocenters. The van der Waals surface area contributed by atoms with Crippen LogP contribution in [0.15, 0.2) is 72.8 Å². The highest BCUT2D eigenvalue weighted by atomic mass is 19.4. The average molecular weight is 511 g/mol. The van der Waals surface area contributed by atoms with Crippen LogP contribution in [0.1, 0.15) is 29.2 Å². The summed E-state index contributed by atoms with van der Waals surface area (Å²) in [4.78, 5) is 4.02. The highest BCUT2D eigenvalue weighted by Crippen LogP contribution is 2.48. The first-order valence-corrected chi connectivity index (χ1v) is 12.8. The molecule has 0 radical (unpaired) electrons. The minimum Gasteiger partial charge on any atom is -0.382 e. The van der Waals surface area contributed by atoms with Gasteiger partial charge in [0.1, 0.15) is 0 Å². The molecule has 196 valence electrons. The summed E-state index contributed by atoms with van der Waals surface area (Å²) in [5.74, 6) is 0. The van der Waals surface area contributed by atoms with Crippen molar-refractivity contribution in [3.63, 3.8) is 0 Å². The number of nitrogens with zero attached hydrogens (tertiary/aromatic N) is 2. The van der Waals surface area contributed by atoms with Crippen LogP contribution in [0.4, 0.5) is 24.5 Å². The number of morpholine rings is 1. The maximum atomic E-state index is 13.4. The van der Waals surface area contributed by atoms with E-state index in [4.69, 9.17) is 4.74 Å². The van der Waals surface area contributed by atoms with Crippen LogP contribution in [0, 0.1) is 6.92 Å². The van der Waals surface area contributed by atoms with Crippen LogP contribution in [0.5, 0.6) is 0 Å². The van der Waals surface area contributed by atoms with Gasteiger partial charge < -0.3 is 19.6 Å². The molecule has 2 aliphatic heterocycles. The van der Waals surface area contributed by atoms with E-state index in [1.54, 1.807) is 4.90 Å². The van der Waals surface area contributed by atoms with Gasteiger partial charge in [-0.05, 0) is 55.2 Å². The van der Waals surface area contributed by atoms with E-state index >= 15 is 0 Å². The largest absolute Gasteiger partial charge is 0.416 e. The van der Waals surface area contributed by atoms with E-state index in [2.05, 4.69) is 48.2 Å². The molecule has 0 saturated carbocycles. The predicted octanol–water partition coefficient (Wildman–Crippen LogP) is 5.49. The molecule has 0 aromatic heterocycles. The van der Waals surface area contributed by atoms with Gasteiger partial charge in [0.2, 0.25) is 0 Å². The van der Waals surface area contributed by atoms with E-state index in [0.29, 0.717) is 19.6 Å². The van der Waals surface area contributed by atoms with E-state index in [1.807, 2.05) is 43.3 Å². The molecular formula is C30H33F3N2O2. The molecule has 0 aliphatic carbocycles. The van der Waals surface area contributed by atoms with Crippen LogP contribution in [-0.2, 0) is 16.6 Å². The number of hydrogen-bond donors (Lipinski definition) is 1. The van der Waals surface area contributed by atoms with Crippen molar-refractivity contribution in [2.75, 3.05) is 42.6 Å². The van der Waals surface area contributed by atoms with Crippen LogP contribution >= 0.6 is 0 Å². The molecule has 37 heavy (non-hydrogen) atoms. The molecule has 5 rings (SSSR count). The van der Waals surface area contributed by atoms with Crippen LogP contribution in [0.3, 0.4) is 0 Å². The summed E-state index contributed by atoms with van der Waals surface area (Å²) in [6.07, 6.45) is -6.31. The second kappa shape index (κ2) is 10.0. The van der Waals surface area contributed by atoms with Crippen molar-refractivity contribution in [2.24, 2.45) is 0 Å². The number of anilines is 2. The SMILES string of the molecule is Cc1cccc(C2(Cc3cccc(N4CCO[C@H](C)C4)c3)CN(C[C@@H](O)C(F)(F)F)c3ccccc32)c1. The Balaban J connectivity index is 1.56. The molecule has 2 heterocycles. The minimum atomic E-state index is -4.67. The maximum absolute atomic E-state index is 13.4. The first-order valence-electron chi connectivity index (χ1n) is 12.8. The molecule has 3 aromatic rings. The van der Waals surface area contributed by atoms with Gasteiger partial charge in [0, 0.05) is 36.4 Å². The fraction of sp³-hybridized carbons (Fsp3) is 0.400. The summed E-state index contributed by atoms with van der Waals surface area (Å²) < 4.78 is 45.8. The van der Waals surface area contributed by atoms with Gasteiger partial charge in [0.15, 0.2) is 6.10 Å². The van der Waals surface area contributed by atoms with E-state index in [1.165, 1.54) is 0 Å². The normalized spacial score (nSPS) is 22.7. The Kier molecular flexibility index (Phi) is 6.94. The molecule has 7 heteroatoms. The molecule has 2 aliphatic rings. The zero-order chi connectivity index (χ0) is 26.2. The lowest BCUT2D eigenvalue weighted by Gasteiger charge is -2.35. The molecule has 0 amide bonds. The number of aliphatic hydroxyl groups is 1. The lowest BCUT2D eigenvalue weighted by Crippen LogP contribution is -2.44. The minimum absolute atomic E-state index is 0.159. The highest BCUT2D eigenvalue weighted by molar-refractivity contribution is 5.67. The van der Waals surface area contributed by atoms with Crippen molar-refractivity contribution >= 4 is 11.4 Å². The fourth-order valence-corrected chi connectivity index (χ4v) is 5.83. The Morgan fingerprint density at radius 1 is 1.05 bits per heavy atom. The Morgan fingerprint density at radius 2 is 1.84 bits per heavy atom. The molecule has 1 fully saturated rings. The molecule has 1 saturated heterocycles. The summed E-state index contributed by atoms with van der Waals surface area (Å²) >= 11 is 0. The Morgan fingerprint density at radius 3 is 2.59 bits per heavy atom. The summed E-state index contributed by atoms with van der Waals surface area (Å²) in [6, 6.07) is 24.4. The quantitative estimate of drug-likeness (QED) is 0.476. The third-order valence-corrected chi connectivity index (χ3v) is 7.59. The number of aryl methyl sites for hydroxylation is 1. The highest BCUT2D eigenvalue weighted by Gasteiger charge is 2.47. The van der Waals surface area contributed by atoms with Gasteiger partial charge in [-0.15, -0.1) is 0 Å². The topological polar surface area (TPSA) is 35.9 Å². The van der Waals surface area contributed by atoms with Crippen LogP contribution in [0.2, 0.25) is 0 Å². The second-order valence-electron chi connectivity index (χ2n) is 10.4. The summed E-state index contributed by atoms with van der Waals surface area (Å²) in [6.45, 7) is 6.27. The van der Waals surface area contributed by atoms with Crippen LogP contribution in [0.25, 0.3) is 0 Å². The number of aliphatic hydroxyl groups excluding tert-OH is 1. The number of benzene rings is 3. The smallest absolute Gasteiger partial charge is 0.382 e. The molecule has 1 N–H and O–H groups in total. The first kappa shape index (κ1) is 25.6. The zero-order valence-corrected chi connectivity index (χ0v) is 21.2. The molecule has 3 aromatic carbocycles. The number of hydrogen-bond acceptors (Lipinski definition) is 4. The summed E-state index contributed by atoms with van der Waals surface area (Å²) in [5.41, 5.74) is 5.57. The van der Waals surface area contributed by atoms with Crippen molar-refractivity contribution in [2.45, 2.75) is 44.1 Å². The van der Waals surface area contributed by atoms with Gasteiger partial charge in [0.05, 0.1) is 19.3 Å². The van der Waals surface area contributed by atoms with Gasteiger partial charge in [-0.1, -0.05) is 60.2 Å². The number of fused-ring (bicyclic) bond motifs is 1. The molecular weight excluding hydrogens is 477 g/mol. The van der Waals surface area contributed by atoms with E-state index in [9.17, 15) is 18.3 Å². The van der Waals surface area contributed by atoms with E-state index in [-0.39, 0.29) is 6.10 Å². The van der Waals surface area contributed by atoms with Crippen molar-refractivity contribution in [1.29, 1.82) is 0 Å².